The van der Waals surface area contributed by atoms with Crippen molar-refractivity contribution >= 4 is 12.0 Å². The van der Waals surface area contributed by atoms with Crippen LogP contribution in [-0.2, 0) is 4.79 Å². The summed E-state index contributed by atoms with van der Waals surface area (Å²) in [7, 11) is 1.98. The van der Waals surface area contributed by atoms with Gasteiger partial charge in [-0.1, -0.05) is 32.6 Å². The van der Waals surface area contributed by atoms with Crippen LogP contribution < -0.4 is 10.6 Å². The summed E-state index contributed by atoms with van der Waals surface area (Å²) in [4.78, 5) is 25.5. The molecule has 1 aliphatic rings. The monoisotopic (exact) mass is 285 g/mol. The molecule has 116 valence electrons. The smallest absolute Gasteiger partial charge is 0.329 e. The lowest BCUT2D eigenvalue weighted by molar-refractivity contribution is -0.145. The lowest BCUT2D eigenvalue weighted by atomic mass is 9.90. The van der Waals surface area contributed by atoms with Gasteiger partial charge in [-0.25, -0.2) is 9.59 Å². The first-order valence-electron chi connectivity index (χ1n) is 7.48. The van der Waals surface area contributed by atoms with E-state index in [-0.39, 0.29) is 6.03 Å². The van der Waals surface area contributed by atoms with E-state index >= 15 is 0 Å². The molecular weight excluding hydrogens is 258 g/mol. The van der Waals surface area contributed by atoms with Gasteiger partial charge in [0, 0.05) is 13.1 Å². The molecule has 0 heterocycles. The summed E-state index contributed by atoms with van der Waals surface area (Å²) in [6.07, 6.45) is 4.82. The van der Waals surface area contributed by atoms with Crippen molar-refractivity contribution in [2.45, 2.75) is 51.0 Å². The fraction of sp³-hybridized carbons (Fsp3) is 0.857. The van der Waals surface area contributed by atoms with Crippen LogP contribution in [-0.4, -0.2) is 54.2 Å². The van der Waals surface area contributed by atoms with Gasteiger partial charge in [-0.05, 0) is 26.4 Å². The number of hydrogen-bond acceptors (Lipinski definition) is 3. The van der Waals surface area contributed by atoms with E-state index in [1.165, 1.54) is 0 Å². The normalized spacial score (nSPS) is 18.4. The van der Waals surface area contributed by atoms with Crippen molar-refractivity contribution in [2.24, 2.45) is 0 Å². The van der Waals surface area contributed by atoms with Gasteiger partial charge in [0.05, 0.1) is 0 Å². The quantitative estimate of drug-likeness (QED) is 0.645. The van der Waals surface area contributed by atoms with Crippen LogP contribution in [0.5, 0.6) is 0 Å². The SMILES string of the molecule is CCN(C)CCNC(=O)NC1(C(=O)O)CCCCCC1. The van der Waals surface area contributed by atoms with Gasteiger partial charge in [0.2, 0.25) is 0 Å². The molecule has 1 fully saturated rings. The predicted molar refractivity (Wildman–Crippen MR) is 77.8 cm³/mol. The number of likely N-dealkylation sites (N-methyl/N-ethyl adjacent to an activating group) is 1. The molecule has 0 saturated heterocycles. The minimum Gasteiger partial charge on any atom is -0.480 e. The van der Waals surface area contributed by atoms with E-state index in [2.05, 4.69) is 15.5 Å². The topological polar surface area (TPSA) is 81.7 Å². The van der Waals surface area contributed by atoms with E-state index in [0.29, 0.717) is 19.4 Å². The first kappa shape index (κ1) is 16.8. The second-order valence-electron chi connectivity index (χ2n) is 5.58. The van der Waals surface area contributed by atoms with Crippen molar-refractivity contribution in [2.75, 3.05) is 26.7 Å². The van der Waals surface area contributed by atoms with Crippen molar-refractivity contribution in [3.63, 3.8) is 0 Å². The molecule has 0 bridgehead atoms. The van der Waals surface area contributed by atoms with Gasteiger partial charge in [-0.15, -0.1) is 0 Å². The molecule has 0 atom stereocenters. The van der Waals surface area contributed by atoms with Crippen molar-refractivity contribution in [1.29, 1.82) is 0 Å². The fourth-order valence-corrected chi connectivity index (χ4v) is 2.50. The average molecular weight is 285 g/mol. The van der Waals surface area contributed by atoms with Gasteiger partial charge < -0.3 is 20.6 Å². The molecule has 0 aliphatic heterocycles. The van der Waals surface area contributed by atoms with Crippen LogP contribution in [0, 0.1) is 0 Å². The standard InChI is InChI=1S/C14H27N3O3/c1-3-17(2)11-10-15-13(20)16-14(12(18)19)8-6-4-5-7-9-14/h3-11H2,1-2H3,(H,18,19)(H2,15,16,20). The Morgan fingerprint density at radius 2 is 1.80 bits per heavy atom. The third kappa shape index (κ3) is 5.00. The van der Waals surface area contributed by atoms with Crippen molar-refractivity contribution in [3.05, 3.63) is 0 Å². The highest BCUT2D eigenvalue weighted by Gasteiger charge is 2.39. The van der Waals surface area contributed by atoms with Crippen LogP contribution in [0.15, 0.2) is 0 Å². The van der Waals surface area contributed by atoms with Crippen molar-refractivity contribution < 1.29 is 14.7 Å². The Morgan fingerprint density at radius 3 is 2.30 bits per heavy atom. The molecule has 0 spiro atoms. The Hall–Kier alpha value is -1.30. The van der Waals surface area contributed by atoms with Gasteiger partial charge in [0.25, 0.3) is 0 Å². The van der Waals surface area contributed by atoms with E-state index in [4.69, 9.17) is 0 Å². The number of carboxylic acid groups (broad SMARTS) is 1. The van der Waals surface area contributed by atoms with E-state index in [9.17, 15) is 14.7 Å². The van der Waals surface area contributed by atoms with Crippen LogP contribution >= 0.6 is 0 Å². The molecule has 1 aliphatic carbocycles. The molecule has 6 nitrogen and oxygen atoms in total. The number of hydrogen-bond donors (Lipinski definition) is 3. The molecule has 6 heteroatoms. The summed E-state index contributed by atoms with van der Waals surface area (Å²) in [6.45, 7) is 4.24. The Balaban J connectivity index is 2.48. The molecule has 0 radical (unpaired) electrons. The number of carbonyl (C=O) groups is 2. The number of amides is 2. The Bertz CT molecular complexity index is 326. The van der Waals surface area contributed by atoms with Gasteiger partial charge in [-0.3, -0.25) is 0 Å². The van der Waals surface area contributed by atoms with E-state index in [1.807, 2.05) is 14.0 Å². The largest absolute Gasteiger partial charge is 0.480 e. The summed E-state index contributed by atoms with van der Waals surface area (Å²) < 4.78 is 0. The molecule has 0 aromatic heterocycles. The number of nitrogens with one attached hydrogen (secondary N) is 2. The Labute approximate surface area is 120 Å². The number of nitrogens with zero attached hydrogens (tertiary/aromatic N) is 1. The highest BCUT2D eigenvalue weighted by atomic mass is 16.4. The van der Waals surface area contributed by atoms with Gasteiger partial charge in [-0.2, -0.15) is 0 Å². The number of rotatable bonds is 6. The van der Waals surface area contributed by atoms with Crippen molar-refractivity contribution in [1.82, 2.24) is 15.5 Å². The van der Waals surface area contributed by atoms with E-state index < -0.39 is 11.5 Å². The van der Waals surface area contributed by atoms with Gasteiger partial charge in [0.15, 0.2) is 0 Å². The fourth-order valence-electron chi connectivity index (χ4n) is 2.50. The third-order valence-corrected chi connectivity index (χ3v) is 4.04. The first-order chi connectivity index (χ1) is 9.50. The highest BCUT2D eigenvalue weighted by Crippen LogP contribution is 2.27. The minimum atomic E-state index is -1.09. The third-order valence-electron chi connectivity index (χ3n) is 4.04. The zero-order valence-corrected chi connectivity index (χ0v) is 12.6. The Kier molecular flexibility index (Phi) is 6.78. The molecular formula is C14H27N3O3. The van der Waals surface area contributed by atoms with E-state index in [0.717, 1.165) is 38.8 Å². The number of urea groups is 1. The number of carbonyl (C=O) groups excluding carboxylic acids is 1. The molecule has 0 aromatic carbocycles. The number of aliphatic carboxylic acids is 1. The number of carboxylic acids is 1. The van der Waals surface area contributed by atoms with Gasteiger partial charge in [0.1, 0.15) is 5.54 Å². The average Bonchev–Trinajstić information content (AvgIpc) is 2.65. The predicted octanol–water partition coefficient (Wildman–Crippen LogP) is 1.41. The molecule has 1 rings (SSSR count). The Morgan fingerprint density at radius 1 is 1.20 bits per heavy atom. The maximum Gasteiger partial charge on any atom is 0.329 e. The van der Waals surface area contributed by atoms with E-state index in [1.54, 1.807) is 0 Å². The second-order valence-corrected chi connectivity index (χ2v) is 5.58. The summed E-state index contributed by atoms with van der Waals surface area (Å²) >= 11 is 0. The maximum absolute atomic E-state index is 11.9. The van der Waals surface area contributed by atoms with Crippen LogP contribution in [0.2, 0.25) is 0 Å². The zero-order chi connectivity index (χ0) is 15.0. The van der Waals surface area contributed by atoms with Gasteiger partial charge >= 0.3 is 12.0 Å². The summed E-state index contributed by atoms with van der Waals surface area (Å²) in [5.41, 5.74) is -1.09. The molecule has 1 saturated carbocycles. The van der Waals surface area contributed by atoms with Crippen molar-refractivity contribution in [3.8, 4) is 0 Å². The van der Waals surface area contributed by atoms with Crippen LogP contribution in [0.3, 0.4) is 0 Å². The maximum atomic E-state index is 11.9. The lowest BCUT2D eigenvalue weighted by Gasteiger charge is -2.29. The zero-order valence-electron chi connectivity index (χ0n) is 12.6. The van der Waals surface area contributed by atoms with Crippen LogP contribution in [0.1, 0.15) is 45.4 Å². The summed E-state index contributed by atoms with van der Waals surface area (Å²) in [6, 6.07) is -0.376. The summed E-state index contributed by atoms with van der Waals surface area (Å²) in [5, 5.41) is 14.9. The molecule has 0 unspecified atom stereocenters. The molecule has 2 amide bonds. The molecule has 0 aromatic rings. The summed E-state index contributed by atoms with van der Waals surface area (Å²) in [5.74, 6) is -0.916. The van der Waals surface area contributed by atoms with Crippen LogP contribution in [0.4, 0.5) is 4.79 Å². The molecule has 20 heavy (non-hydrogen) atoms. The highest BCUT2D eigenvalue weighted by molar-refractivity contribution is 5.86. The first-order valence-corrected chi connectivity index (χ1v) is 7.48. The van der Waals surface area contributed by atoms with Crippen LogP contribution in [0.25, 0.3) is 0 Å². The molecule has 3 N–H and O–H groups in total. The lowest BCUT2D eigenvalue weighted by Crippen LogP contribution is -2.57. The second kappa shape index (κ2) is 8.09. The minimum absolute atomic E-state index is 0.376.